The van der Waals surface area contributed by atoms with Gasteiger partial charge in [-0.15, -0.1) is 0 Å². The minimum Gasteiger partial charge on any atom is -0.489 e. The maximum atomic E-state index is 10.5. The molecular weight excluding hydrogens is 252 g/mol. The second-order valence-corrected chi connectivity index (χ2v) is 4.46. The summed E-state index contributed by atoms with van der Waals surface area (Å²) in [6, 6.07) is 15.4. The largest absolute Gasteiger partial charge is 0.489 e. The predicted molar refractivity (Wildman–Crippen MR) is 78.6 cm³/mol. The molecule has 0 aliphatic heterocycles. The molecule has 0 amide bonds. The van der Waals surface area contributed by atoms with Gasteiger partial charge >= 0.3 is 5.97 Å². The molecule has 0 aliphatic carbocycles. The molecule has 3 heteroatoms. The van der Waals surface area contributed by atoms with Gasteiger partial charge in [0.15, 0.2) is 0 Å². The summed E-state index contributed by atoms with van der Waals surface area (Å²) >= 11 is 0. The van der Waals surface area contributed by atoms with Gasteiger partial charge in [0.05, 0.1) is 0 Å². The Labute approximate surface area is 118 Å². The summed E-state index contributed by atoms with van der Waals surface area (Å²) in [5, 5.41) is 8.61. The van der Waals surface area contributed by atoms with Gasteiger partial charge in [-0.25, -0.2) is 4.79 Å². The van der Waals surface area contributed by atoms with Crippen LogP contribution in [0, 0.1) is 6.92 Å². The van der Waals surface area contributed by atoms with E-state index in [0.29, 0.717) is 6.61 Å². The Hall–Kier alpha value is -2.55. The molecule has 3 nitrogen and oxygen atoms in total. The van der Waals surface area contributed by atoms with Crippen LogP contribution in [0.5, 0.6) is 5.75 Å². The van der Waals surface area contributed by atoms with Crippen LogP contribution in [0.15, 0.2) is 54.6 Å². The van der Waals surface area contributed by atoms with E-state index in [1.54, 1.807) is 6.08 Å². The predicted octanol–water partition coefficient (Wildman–Crippen LogP) is 3.67. The molecule has 0 fully saturated rings. The second kappa shape index (κ2) is 6.57. The van der Waals surface area contributed by atoms with Crippen molar-refractivity contribution in [2.24, 2.45) is 0 Å². The lowest BCUT2D eigenvalue weighted by molar-refractivity contribution is -0.131. The Kier molecular flexibility index (Phi) is 4.56. The zero-order valence-corrected chi connectivity index (χ0v) is 11.2. The molecule has 20 heavy (non-hydrogen) atoms. The van der Waals surface area contributed by atoms with Crippen molar-refractivity contribution >= 4 is 12.0 Å². The monoisotopic (exact) mass is 268 g/mol. The second-order valence-electron chi connectivity index (χ2n) is 4.46. The summed E-state index contributed by atoms with van der Waals surface area (Å²) in [6.07, 6.45) is 2.66. The van der Waals surface area contributed by atoms with Crippen LogP contribution in [-0.2, 0) is 11.4 Å². The summed E-state index contributed by atoms with van der Waals surface area (Å²) in [4.78, 5) is 10.5. The van der Waals surface area contributed by atoms with Crippen LogP contribution in [0.4, 0.5) is 0 Å². The quantitative estimate of drug-likeness (QED) is 0.841. The Morgan fingerprint density at radius 3 is 2.75 bits per heavy atom. The normalized spacial score (nSPS) is 10.7. The molecule has 0 spiro atoms. The maximum absolute atomic E-state index is 10.5. The number of aryl methyl sites for hydroxylation is 1. The highest BCUT2D eigenvalue weighted by atomic mass is 16.5. The SMILES string of the molecule is Cc1ccccc1COc1cccc(/C=C/C(=O)O)c1. The molecule has 0 saturated heterocycles. The molecule has 1 N–H and O–H groups in total. The first kappa shape index (κ1) is 13.9. The maximum Gasteiger partial charge on any atom is 0.328 e. The molecule has 0 saturated carbocycles. The molecule has 0 radical (unpaired) electrons. The Morgan fingerprint density at radius 1 is 1.20 bits per heavy atom. The lowest BCUT2D eigenvalue weighted by Gasteiger charge is -2.09. The van der Waals surface area contributed by atoms with Crippen LogP contribution in [0.3, 0.4) is 0 Å². The minimum atomic E-state index is -0.962. The van der Waals surface area contributed by atoms with Crippen molar-refractivity contribution < 1.29 is 14.6 Å². The zero-order valence-electron chi connectivity index (χ0n) is 11.2. The van der Waals surface area contributed by atoms with Crippen LogP contribution < -0.4 is 4.74 Å². The number of carboxylic acids is 1. The number of benzene rings is 2. The van der Waals surface area contributed by atoms with Crippen molar-refractivity contribution in [2.75, 3.05) is 0 Å². The number of hydrogen-bond acceptors (Lipinski definition) is 2. The minimum absolute atomic E-state index is 0.499. The molecule has 2 aromatic carbocycles. The zero-order chi connectivity index (χ0) is 14.4. The highest BCUT2D eigenvalue weighted by molar-refractivity contribution is 5.85. The third-order valence-corrected chi connectivity index (χ3v) is 2.93. The van der Waals surface area contributed by atoms with Crippen LogP contribution in [0.1, 0.15) is 16.7 Å². The fourth-order valence-electron chi connectivity index (χ4n) is 1.81. The molecule has 102 valence electrons. The summed E-state index contributed by atoms with van der Waals surface area (Å²) in [5.74, 6) is -0.239. The first-order valence-electron chi connectivity index (χ1n) is 6.33. The Balaban J connectivity index is 2.05. The van der Waals surface area contributed by atoms with Gasteiger partial charge in [-0.3, -0.25) is 0 Å². The van der Waals surface area contributed by atoms with E-state index in [0.717, 1.165) is 23.0 Å². The van der Waals surface area contributed by atoms with Crippen molar-refractivity contribution in [1.82, 2.24) is 0 Å². The lowest BCUT2D eigenvalue weighted by atomic mass is 10.1. The van der Waals surface area contributed by atoms with E-state index in [-0.39, 0.29) is 0 Å². The van der Waals surface area contributed by atoms with Gasteiger partial charge in [-0.05, 0) is 41.8 Å². The van der Waals surface area contributed by atoms with E-state index in [2.05, 4.69) is 0 Å². The lowest BCUT2D eigenvalue weighted by Crippen LogP contribution is -1.97. The molecule has 0 aromatic heterocycles. The van der Waals surface area contributed by atoms with E-state index in [9.17, 15) is 4.79 Å². The standard InChI is InChI=1S/C17H16O3/c1-13-5-2-3-7-15(13)12-20-16-8-4-6-14(11-16)9-10-17(18)19/h2-11H,12H2,1H3,(H,18,19)/b10-9+. The smallest absolute Gasteiger partial charge is 0.328 e. The Morgan fingerprint density at radius 2 is 2.00 bits per heavy atom. The van der Waals surface area contributed by atoms with Crippen molar-refractivity contribution in [1.29, 1.82) is 0 Å². The molecular formula is C17H16O3. The van der Waals surface area contributed by atoms with Crippen molar-refractivity contribution in [3.05, 3.63) is 71.3 Å². The molecule has 2 rings (SSSR count). The van der Waals surface area contributed by atoms with Crippen molar-refractivity contribution in [3.63, 3.8) is 0 Å². The van der Waals surface area contributed by atoms with Gasteiger partial charge in [0.1, 0.15) is 12.4 Å². The van der Waals surface area contributed by atoms with Crippen LogP contribution >= 0.6 is 0 Å². The van der Waals surface area contributed by atoms with Gasteiger partial charge in [0.2, 0.25) is 0 Å². The van der Waals surface area contributed by atoms with E-state index in [4.69, 9.17) is 9.84 Å². The summed E-state index contributed by atoms with van der Waals surface area (Å²) < 4.78 is 5.74. The van der Waals surface area contributed by atoms with E-state index < -0.39 is 5.97 Å². The fraction of sp³-hybridized carbons (Fsp3) is 0.118. The van der Waals surface area contributed by atoms with E-state index >= 15 is 0 Å². The van der Waals surface area contributed by atoms with E-state index in [1.165, 1.54) is 5.56 Å². The average Bonchev–Trinajstić information content (AvgIpc) is 2.45. The highest BCUT2D eigenvalue weighted by Gasteiger charge is 1.99. The molecule has 0 aliphatic rings. The highest BCUT2D eigenvalue weighted by Crippen LogP contribution is 2.17. The fourth-order valence-corrected chi connectivity index (χ4v) is 1.81. The summed E-state index contributed by atoms with van der Waals surface area (Å²) in [5.41, 5.74) is 3.13. The number of rotatable bonds is 5. The number of aliphatic carboxylic acids is 1. The summed E-state index contributed by atoms with van der Waals surface area (Å²) in [6.45, 7) is 2.55. The number of carbonyl (C=O) groups is 1. The molecule has 0 heterocycles. The van der Waals surface area contributed by atoms with Crippen LogP contribution in [-0.4, -0.2) is 11.1 Å². The van der Waals surface area contributed by atoms with Crippen molar-refractivity contribution in [2.45, 2.75) is 13.5 Å². The first-order chi connectivity index (χ1) is 9.65. The van der Waals surface area contributed by atoms with Crippen LogP contribution in [0.25, 0.3) is 6.08 Å². The summed E-state index contributed by atoms with van der Waals surface area (Å²) in [7, 11) is 0. The van der Waals surface area contributed by atoms with Gasteiger partial charge in [-0.2, -0.15) is 0 Å². The van der Waals surface area contributed by atoms with Crippen molar-refractivity contribution in [3.8, 4) is 5.75 Å². The molecule has 0 unspecified atom stereocenters. The topological polar surface area (TPSA) is 46.5 Å². The van der Waals surface area contributed by atoms with Gasteiger partial charge in [0.25, 0.3) is 0 Å². The van der Waals surface area contributed by atoms with Crippen LogP contribution in [0.2, 0.25) is 0 Å². The van der Waals surface area contributed by atoms with Gasteiger partial charge in [0, 0.05) is 6.08 Å². The third kappa shape index (κ3) is 3.99. The van der Waals surface area contributed by atoms with E-state index in [1.807, 2.05) is 55.5 Å². The molecule has 2 aromatic rings. The molecule has 0 atom stereocenters. The Bertz CT molecular complexity index is 630. The third-order valence-electron chi connectivity index (χ3n) is 2.93. The first-order valence-corrected chi connectivity index (χ1v) is 6.33. The number of hydrogen-bond donors (Lipinski definition) is 1. The van der Waals surface area contributed by atoms with Gasteiger partial charge in [-0.1, -0.05) is 36.4 Å². The average molecular weight is 268 g/mol. The molecule has 0 bridgehead atoms. The van der Waals surface area contributed by atoms with Gasteiger partial charge < -0.3 is 9.84 Å². The number of ether oxygens (including phenoxy) is 1. The number of carboxylic acid groups (broad SMARTS) is 1.